The number of hydrogen-bond donors (Lipinski definition) is 1. The van der Waals surface area contributed by atoms with Crippen molar-refractivity contribution in [2.24, 2.45) is 0 Å². The minimum Gasteiger partial charge on any atom is -0.357 e. The van der Waals surface area contributed by atoms with Gasteiger partial charge >= 0.3 is 0 Å². The molecule has 2 rings (SSSR count). The molecule has 1 N–H and O–H groups in total. The van der Waals surface area contributed by atoms with Crippen LogP contribution in [0.25, 0.3) is 0 Å². The monoisotopic (exact) mass is 415 g/mol. The van der Waals surface area contributed by atoms with E-state index in [0.29, 0.717) is 12.3 Å². The fourth-order valence-corrected chi connectivity index (χ4v) is 3.61. The molecule has 0 unspecified atom stereocenters. The lowest BCUT2D eigenvalue weighted by molar-refractivity contribution is -0.384. The molecule has 29 heavy (non-hydrogen) atoms. The minimum absolute atomic E-state index is 0.0403. The van der Waals surface area contributed by atoms with Crippen LogP contribution < -0.4 is 5.32 Å². The number of amides is 2. The molecule has 0 heterocycles. The van der Waals surface area contributed by atoms with Crippen LogP contribution >= 0.6 is 11.8 Å². The summed E-state index contributed by atoms with van der Waals surface area (Å²) in [5.74, 6) is 0.417. The third-order valence-corrected chi connectivity index (χ3v) is 5.52. The number of carbonyl (C=O) groups excluding carboxylic acids is 2. The normalized spacial score (nSPS) is 11.6. The first kappa shape index (κ1) is 22.4. The van der Waals surface area contributed by atoms with E-state index in [-0.39, 0.29) is 23.3 Å². The Morgan fingerprint density at radius 3 is 2.24 bits per heavy atom. The molecule has 0 saturated heterocycles. The van der Waals surface area contributed by atoms with Gasteiger partial charge in [0.2, 0.25) is 11.8 Å². The third kappa shape index (κ3) is 6.60. The van der Waals surface area contributed by atoms with Crippen molar-refractivity contribution in [2.75, 3.05) is 12.8 Å². The molecule has 0 aromatic heterocycles. The van der Waals surface area contributed by atoms with E-state index in [2.05, 4.69) is 5.32 Å². The van der Waals surface area contributed by atoms with Gasteiger partial charge in [-0.25, -0.2) is 0 Å². The number of thioether (sulfide) groups is 1. The lowest BCUT2D eigenvalue weighted by Gasteiger charge is -2.28. The first-order valence-corrected chi connectivity index (χ1v) is 10.3. The Labute approximate surface area is 174 Å². The van der Waals surface area contributed by atoms with Crippen LogP contribution in [0.1, 0.15) is 23.6 Å². The maximum atomic E-state index is 12.8. The Hall–Kier alpha value is -2.87. The molecular weight excluding hydrogens is 390 g/mol. The van der Waals surface area contributed by atoms with Gasteiger partial charge in [-0.15, -0.1) is 11.8 Å². The molecular formula is C21H25N3O4S. The Morgan fingerprint density at radius 1 is 1.10 bits per heavy atom. The molecule has 2 aromatic carbocycles. The van der Waals surface area contributed by atoms with E-state index in [1.807, 2.05) is 31.2 Å². The van der Waals surface area contributed by atoms with E-state index in [4.69, 9.17) is 0 Å². The van der Waals surface area contributed by atoms with Crippen LogP contribution in [-0.4, -0.2) is 40.5 Å². The number of aryl methyl sites for hydroxylation is 1. The van der Waals surface area contributed by atoms with Crippen LogP contribution in [0.15, 0.2) is 48.5 Å². The van der Waals surface area contributed by atoms with E-state index >= 15 is 0 Å². The average Bonchev–Trinajstić information content (AvgIpc) is 2.72. The number of likely N-dealkylation sites (N-methyl/N-ethyl adjacent to an activating group) is 1. The summed E-state index contributed by atoms with van der Waals surface area (Å²) >= 11 is 1.41. The zero-order valence-corrected chi connectivity index (χ0v) is 17.6. The van der Waals surface area contributed by atoms with Crippen molar-refractivity contribution in [3.8, 4) is 0 Å². The fraction of sp³-hybridized carbons (Fsp3) is 0.333. The molecule has 0 saturated carbocycles. The Balaban J connectivity index is 2.01. The standard InChI is InChI=1S/C21H25N3O4S/c1-15-4-6-17(7-5-15)12-23(16(2)21(26)22-3)20(25)14-29-13-18-8-10-19(11-9-18)24(27)28/h4-11,16H,12-14H2,1-3H3,(H,22,26)/t16-/m1/s1. The van der Waals surface area contributed by atoms with Gasteiger partial charge in [-0.3, -0.25) is 19.7 Å². The summed E-state index contributed by atoms with van der Waals surface area (Å²) in [6.07, 6.45) is 0. The van der Waals surface area contributed by atoms with Crippen LogP contribution in [0.3, 0.4) is 0 Å². The maximum Gasteiger partial charge on any atom is 0.269 e. The van der Waals surface area contributed by atoms with Crippen molar-refractivity contribution in [3.05, 3.63) is 75.3 Å². The summed E-state index contributed by atoms with van der Waals surface area (Å²) in [6, 6.07) is 13.6. The van der Waals surface area contributed by atoms with Gasteiger partial charge in [0.15, 0.2) is 0 Å². The number of carbonyl (C=O) groups is 2. The molecule has 2 amide bonds. The highest BCUT2D eigenvalue weighted by atomic mass is 32.2. The van der Waals surface area contributed by atoms with Gasteiger partial charge in [0.25, 0.3) is 5.69 Å². The molecule has 0 fully saturated rings. The number of nitro benzene ring substituents is 1. The topological polar surface area (TPSA) is 92.6 Å². The number of benzene rings is 2. The third-order valence-electron chi connectivity index (χ3n) is 4.53. The SMILES string of the molecule is CNC(=O)[C@@H](C)N(Cc1ccc(C)cc1)C(=O)CSCc1ccc([N+](=O)[O-])cc1. The van der Waals surface area contributed by atoms with Gasteiger partial charge in [-0.05, 0) is 25.0 Å². The number of nitrogens with zero attached hydrogens (tertiary/aromatic N) is 2. The predicted molar refractivity (Wildman–Crippen MR) is 115 cm³/mol. The minimum atomic E-state index is -0.589. The average molecular weight is 416 g/mol. The first-order chi connectivity index (χ1) is 13.8. The van der Waals surface area contributed by atoms with Gasteiger partial charge in [0, 0.05) is 31.5 Å². The zero-order valence-electron chi connectivity index (χ0n) is 16.8. The number of rotatable bonds is 9. The molecule has 0 radical (unpaired) electrons. The Bertz CT molecular complexity index is 853. The predicted octanol–water partition coefficient (Wildman–Crippen LogP) is 3.30. The summed E-state index contributed by atoms with van der Waals surface area (Å²) < 4.78 is 0. The Morgan fingerprint density at radius 2 is 1.69 bits per heavy atom. The molecule has 7 nitrogen and oxygen atoms in total. The van der Waals surface area contributed by atoms with E-state index in [1.54, 1.807) is 31.0 Å². The van der Waals surface area contributed by atoms with Crippen molar-refractivity contribution in [1.82, 2.24) is 10.2 Å². The smallest absolute Gasteiger partial charge is 0.269 e. The van der Waals surface area contributed by atoms with Crippen LogP contribution in [-0.2, 0) is 21.9 Å². The molecule has 0 bridgehead atoms. The highest BCUT2D eigenvalue weighted by Crippen LogP contribution is 2.18. The molecule has 0 aliphatic rings. The second kappa shape index (κ2) is 10.6. The highest BCUT2D eigenvalue weighted by Gasteiger charge is 2.25. The van der Waals surface area contributed by atoms with Crippen molar-refractivity contribution >= 4 is 29.3 Å². The number of non-ortho nitro benzene ring substituents is 1. The number of hydrogen-bond acceptors (Lipinski definition) is 5. The van der Waals surface area contributed by atoms with E-state index in [0.717, 1.165) is 16.7 Å². The van der Waals surface area contributed by atoms with Crippen molar-refractivity contribution in [1.29, 1.82) is 0 Å². The highest BCUT2D eigenvalue weighted by molar-refractivity contribution is 7.99. The van der Waals surface area contributed by atoms with Crippen molar-refractivity contribution in [3.63, 3.8) is 0 Å². The lowest BCUT2D eigenvalue weighted by Crippen LogP contribution is -2.47. The first-order valence-electron chi connectivity index (χ1n) is 9.19. The quantitative estimate of drug-likeness (QED) is 0.501. The molecule has 8 heteroatoms. The van der Waals surface area contributed by atoms with Crippen LogP contribution in [0.2, 0.25) is 0 Å². The molecule has 154 valence electrons. The lowest BCUT2D eigenvalue weighted by atomic mass is 10.1. The molecule has 0 aliphatic heterocycles. The van der Waals surface area contributed by atoms with Crippen LogP contribution in [0.5, 0.6) is 0 Å². The van der Waals surface area contributed by atoms with E-state index < -0.39 is 11.0 Å². The molecule has 0 aliphatic carbocycles. The van der Waals surface area contributed by atoms with Crippen molar-refractivity contribution in [2.45, 2.75) is 32.2 Å². The molecule has 2 aromatic rings. The van der Waals surface area contributed by atoms with E-state index in [9.17, 15) is 19.7 Å². The zero-order chi connectivity index (χ0) is 21.4. The van der Waals surface area contributed by atoms with Gasteiger partial charge in [-0.1, -0.05) is 42.0 Å². The van der Waals surface area contributed by atoms with Gasteiger partial charge in [0.05, 0.1) is 10.7 Å². The summed E-state index contributed by atoms with van der Waals surface area (Å²) in [6.45, 7) is 4.06. The van der Waals surface area contributed by atoms with E-state index in [1.165, 1.54) is 23.9 Å². The summed E-state index contributed by atoms with van der Waals surface area (Å²) in [4.78, 5) is 36.8. The van der Waals surface area contributed by atoms with Crippen LogP contribution in [0.4, 0.5) is 5.69 Å². The molecule has 1 atom stereocenters. The second-order valence-corrected chi connectivity index (χ2v) is 7.70. The number of nitrogens with one attached hydrogen (secondary N) is 1. The summed E-state index contributed by atoms with van der Waals surface area (Å²) in [7, 11) is 1.55. The van der Waals surface area contributed by atoms with Gasteiger partial charge in [0.1, 0.15) is 6.04 Å². The maximum absolute atomic E-state index is 12.8. The van der Waals surface area contributed by atoms with Gasteiger partial charge < -0.3 is 10.2 Å². The molecule has 0 spiro atoms. The number of nitro groups is 1. The Kier molecular flexibility index (Phi) is 8.21. The van der Waals surface area contributed by atoms with Crippen LogP contribution in [0, 0.1) is 17.0 Å². The fourth-order valence-electron chi connectivity index (χ4n) is 2.73. The summed E-state index contributed by atoms with van der Waals surface area (Å²) in [5, 5.41) is 13.3. The summed E-state index contributed by atoms with van der Waals surface area (Å²) in [5.41, 5.74) is 3.03. The van der Waals surface area contributed by atoms with Gasteiger partial charge in [-0.2, -0.15) is 0 Å². The largest absolute Gasteiger partial charge is 0.357 e. The van der Waals surface area contributed by atoms with Crippen molar-refractivity contribution < 1.29 is 14.5 Å². The second-order valence-electron chi connectivity index (χ2n) is 6.71.